The summed E-state index contributed by atoms with van der Waals surface area (Å²) in [6.45, 7) is 1.72. The molecule has 0 spiro atoms. The van der Waals surface area contributed by atoms with Crippen LogP contribution in [0.4, 0.5) is 0 Å². The molecule has 1 saturated heterocycles. The predicted octanol–water partition coefficient (Wildman–Crippen LogP) is 1.97. The van der Waals surface area contributed by atoms with Gasteiger partial charge in [-0.05, 0) is 43.7 Å². The molecule has 3 rings (SSSR count). The van der Waals surface area contributed by atoms with Crippen molar-refractivity contribution in [3.63, 3.8) is 0 Å². The van der Waals surface area contributed by atoms with Crippen LogP contribution in [0.15, 0.2) is 28.8 Å². The monoisotopic (exact) mass is 366 g/mol. The quantitative estimate of drug-likeness (QED) is 0.778. The Balaban J connectivity index is 0.00000225. The summed E-state index contributed by atoms with van der Waals surface area (Å²) in [5.41, 5.74) is 0.850. The molecule has 1 unspecified atom stereocenters. The van der Waals surface area contributed by atoms with E-state index < -0.39 is 0 Å². The summed E-state index contributed by atoms with van der Waals surface area (Å²) in [7, 11) is 1.62. The zero-order valence-electron chi connectivity index (χ0n) is 14.2. The van der Waals surface area contributed by atoms with Crippen molar-refractivity contribution in [2.75, 3.05) is 20.2 Å². The van der Waals surface area contributed by atoms with Crippen LogP contribution in [0, 0.1) is 0 Å². The number of aryl methyl sites for hydroxylation is 1. The zero-order chi connectivity index (χ0) is 16.8. The van der Waals surface area contributed by atoms with Crippen molar-refractivity contribution in [3.05, 3.63) is 30.2 Å². The van der Waals surface area contributed by atoms with E-state index in [4.69, 9.17) is 9.26 Å². The van der Waals surface area contributed by atoms with Crippen molar-refractivity contribution in [2.24, 2.45) is 0 Å². The number of hydrogen-bond acceptors (Lipinski definition) is 6. The number of nitrogens with zero attached hydrogens (tertiary/aromatic N) is 2. The molecule has 1 atom stereocenters. The topological polar surface area (TPSA) is 89.3 Å². The third-order valence-corrected chi connectivity index (χ3v) is 4.09. The summed E-state index contributed by atoms with van der Waals surface area (Å²) >= 11 is 0. The maximum absolute atomic E-state index is 11.9. The van der Waals surface area contributed by atoms with E-state index in [1.165, 1.54) is 6.42 Å². The number of benzene rings is 1. The SMILES string of the molecule is COc1ccc(-c2noc(CCC(=O)NCC3CCCN3)n2)cc1.Cl. The molecule has 25 heavy (non-hydrogen) atoms. The largest absolute Gasteiger partial charge is 0.497 e. The maximum atomic E-state index is 11.9. The minimum Gasteiger partial charge on any atom is -0.497 e. The fraction of sp³-hybridized carbons (Fsp3) is 0.471. The summed E-state index contributed by atoms with van der Waals surface area (Å²) in [6, 6.07) is 7.83. The van der Waals surface area contributed by atoms with Crippen LogP contribution in [0.1, 0.15) is 25.2 Å². The van der Waals surface area contributed by atoms with Gasteiger partial charge in [-0.2, -0.15) is 4.98 Å². The Morgan fingerprint density at radius 3 is 2.88 bits per heavy atom. The van der Waals surface area contributed by atoms with E-state index in [0.717, 1.165) is 24.3 Å². The van der Waals surface area contributed by atoms with Crippen molar-refractivity contribution in [3.8, 4) is 17.1 Å². The Hall–Kier alpha value is -2.12. The molecule has 0 bridgehead atoms. The third kappa shape index (κ3) is 5.44. The number of hydrogen-bond donors (Lipinski definition) is 2. The molecule has 1 aromatic heterocycles. The molecule has 0 saturated carbocycles. The number of methoxy groups -OCH3 is 1. The Bertz CT molecular complexity index is 669. The van der Waals surface area contributed by atoms with Crippen LogP contribution in [-0.4, -0.2) is 42.3 Å². The van der Waals surface area contributed by atoms with E-state index in [2.05, 4.69) is 20.8 Å². The predicted molar refractivity (Wildman–Crippen MR) is 95.9 cm³/mol. The van der Waals surface area contributed by atoms with E-state index in [0.29, 0.717) is 37.1 Å². The number of amides is 1. The molecular weight excluding hydrogens is 344 g/mol. The van der Waals surface area contributed by atoms with E-state index in [1.807, 2.05) is 24.3 Å². The van der Waals surface area contributed by atoms with Crippen molar-refractivity contribution < 1.29 is 14.1 Å². The number of ether oxygens (including phenoxy) is 1. The van der Waals surface area contributed by atoms with Gasteiger partial charge in [0, 0.05) is 31.0 Å². The molecule has 1 aliphatic rings. The van der Waals surface area contributed by atoms with Gasteiger partial charge in [-0.15, -0.1) is 12.4 Å². The summed E-state index contributed by atoms with van der Waals surface area (Å²) in [5.74, 6) is 1.77. The molecule has 1 aliphatic heterocycles. The number of carbonyl (C=O) groups is 1. The lowest BCUT2D eigenvalue weighted by Gasteiger charge is -2.10. The third-order valence-electron chi connectivity index (χ3n) is 4.09. The second-order valence-corrected chi connectivity index (χ2v) is 5.84. The number of carbonyl (C=O) groups excluding carboxylic acids is 1. The van der Waals surface area contributed by atoms with Gasteiger partial charge < -0.3 is 19.9 Å². The summed E-state index contributed by atoms with van der Waals surface area (Å²) in [4.78, 5) is 16.2. The van der Waals surface area contributed by atoms with Gasteiger partial charge in [0.25, 0.3) is 0 Å². The molecule has 2 N–H and O–H groups in total. The summed E-state index contributed by atoms with van der Waals surface area (Å²) in [5, 5.41) is 10.3. The first-order chi connectivity index (χ1) is 11.7. The highest BCUT2D eigenvalue weighted by atomic mass is 35.5. The van der Waals surface area contributed by atoms with Gasteiger partial charge in [-0.1, -0.05) is 5.16 Å². The second kappa shape index (κ2) is 9.39. The average Bonchev–Trinajstić information content (AvgIpc) is 3.30. The van der Waals surface area contributed by atoms with Crippen molar-refractivity contribution in [2.45, 2.75) is 31.7 Å². The van der Waals surface area contributed by atoms with Crippen molar-refractivity contribution in [1.82, 2.24) is 20.8 Å². The van der Waals surface area contributed by atoms with Crippen LogP contribution in [0.5, 0.6) is 5.75 Å². The van der Waals surface area contributed by atoms with Crippen LogP contribution in [0.3, 0.4) is 0 Å². The number of rotatable bonds is 7. The van der Waals surface area contributed by atoms with Gasteiger partial charge in [0.1, 0.15) is 5.75 Å². The molecule has 2 aromatic rings. The minimum atomic E-state index is 0. The second-order valence-electron chi connectivity index (χ2n) is 5.84. The normalized spacial score (nSPS) is 16.3. The molecule has 2 heterocycles. The Labute approximate surface area is 152 Å². The fourth-order valence-corrected chi connectivity index (χ4v) is 2.69. The van der Waals surface area contributed by atoms with Gasteiger partial charge in [-0.3, -0.25) is 4.79 Å². The Morgan fingerprint density at radius 1 is 1.40 bits per heavy atom. The minimum absolute atomic E-state index is 0. The molecular formula is C17H23ClN4O3. The van der Waals surface area contributed by atoms with E-state index in [-0.39, 0.29) is 18.3 Å². The lowest BCUT2D eigenvalue weighted by atomic mass is 10.2. The van der Waals surface area contributed by atoms with Crippen LogP contribution in [0.25, 0.3) is 11.4 Å². The molecule has 7 nitrogen and oxygen atoms in total. The molecule has 1 amide bonds. The number of aromatic nitrogens is 2. The molecule has 1 aromatic carbocycles. The first kappa shape index (κ1) is 19.2. The smallest absolute Gasteiger partial charge is 0.227 e. The van der Waals surface area contributed by atoms with Gasteiger partial charge >= 0.3 is 0 Å². The van der Waals surface area contributed by atoms with Gasteiger partial charge in [0.2, 0.25) is 17.6 Å². The van der Waals surface area contributed by atoms with Gasteiger partial charge in [0.05, 0.1) is 7.11 Å². The molecule has 1 fully saturated rings. The van der Waals surface area contributed by atoms with Gasteiger partial charge in [0.15, 0.2) is 0 Å². The first-order valence-corrected chi connectivity index (χ1v) is 8.21. The van der Waals surface area contributed by atoms with Crippen molar-refractivity contribution >= 4 is 18.3 Å². The maximum Gasteiger partial charge on any atom is 0.227 e. The highest BCUT2D eigenvalue weighted by molar-refractivity contribution is 5.85. The highest BCUT2D eigenvalue weighted by Gasteiger charge is 2.15. The zero-order valence-corrected chi connectivity index (χ0v) is 15.0. The lowest BCUT2D eigenvalue weighted by Crippen LogP contribution is -2.37. The fourth-order valence-electron chi connectivity index (χ4n) is 2.69. The Kier molecular flexibility index (Phi) is 7.21. The number of nitrogens with one attached hydrogen (secondary N) is 2. The van der Waals surface area contributed by atoms with Gasteiger partial charge in [-0.25, -0.2) is 0 Å². The standard InChI is InChI=1S/C17H22N4O3.ClH/c1-23-14-6-4-12(5-7-14)17-20-16(24-21-17)9-8-15(22)19-11-13-3-2-10-18-13;/h4-7,13,18H,2-3,8-11H2,1H3,(H,19,22);1H. The van der Waals surface area contributed by atoms with Crippen LogP contribution >= 0.6 is 12.4 Å². The molecule has 8 heteroatoms. The summed E-state index contributed by atoms with van der Waals surface area (Å²) in [6.07, 6.45) is 3.08. The summed E-state index contributed by atoms with van der Waals surface area (Å²) < 4.78 is 10.3. The van der Waals surface area contributed by atoms with Crippen molar-refractivity contribution in [1.29, 1.82) is 0 Å². The van der Waals surface area contributed by atoms with Crippen LogP contribution in [0.2, 0.25) is 0 Å². The average molecular weight is 367 g/mol. The lowest BCUT2D eigenvalue weighted by molar-refractivity contribution is -0.121. The van der Waals surface area contributed by atoms with Crippen LogP contribution < -0.4 is 15.4 Å². The first-order valence-electron chi connectivity index (χ1n) is 8.21. The molecule has 0 aliphatic carbocycles. The highest BCUT2D eigenvalue weighted by Crippen LogP contribution is 2.19. The molecule has 136 valence electrons. The molecule has 0 radical (unpaired) electrons. The number of halogens is 1. The van der Waals surface area contributed by atoms with E-state index in [1.54, 1.807) is 7.11 Å². The Morgan fingerprint density at radius 2 is 2.20 bits per heavy atom. The van der Waals surface area contributed by atoms with Crippen LogP contribution in [-0.2, 0) is 11.2 Å². The van der Waals surface area contributed by atoms with E-state index >= 15 is 0 Å². The van der Waals surface area contributed by atoms with E-state index in [9.17, 15) is 4.79 Å².